The van der Waals surface area contributed by atoms with Gasteiger partial charge in [-0.15, -0.1) is 0 Å². The number of ether oxygens (including phenoxy) is 4. The first kappa shape index (κ1) is 24.7. The summed E-state index contributed by atoms with van der Waals surface area (Å²) >= 11 is 0. The van der Waals surface area contributed by atoms with Crippen LogP contribution in [0.1, 0.15) is 59.9 Å². The third-order valence-electron chi connectivity index (χ3n) is 7.75. The maximum absolute atomic E-state index is 11.1. The number of carboxylic acid groups (broad SMARTS) is 1. The Morgan fingerprint density at radius 1 is 1.13 bits per heavy atom. The molecular formula is C30H32N2O6. The fourth-order valence-corrected chi connectivity index (χ4v) is 5.76. The van der Waals surface area contributed by atoms with E-state index in [1.165, 1.54) is 11.1 Å². The summed E-state index contributed by atoms with van der Waals surface area (Å²) in [6.07, 6.45) is 1.75. The van der Waals surface area contributed by atoms with Gasteiger partial charge in [-0.1, -0.05) is 31.2 Å². The van der Waals surface area contributed by atoms with Gasteiger partial charge in [0.15, 0.2) is 0 Å². The molecule has 2 atom stereocenters. The molecule has 0 bridgehead atoms. The van der Waals surface area contributed by atoms with Gasteiger partial charge in [0.25, 0.3) is 0 Å². The minimum absolute atomic E-state index is 0.0320. The second-order valence-corrected chi connectivity index (χ2v) is 11.0. The smallest absolute Gasteiger partial charge is 0.316 e. The van der Waals surface area contributed by atoms with Crippen LogP contribution in [0.3, 0.4) is 0 Å². The van der Waals surface area contributed by atoms with Crippen molar-refractivity contribution in [3.8, 4) is 28.6 Å². The average Bonchev–Trinajstić information content (AvgIpc) is 3.45. The zero-order chi connectivity index (χ0) is 26.4. The number of fused-ring (bicyclic) bond motifs is 2. The quantitative estimate of drug-likeness (QED) is 0.437. The predicted octanol–water partition coefficient (Wildman–Crippen LogP) is 5.19. The Bertz CT molecular complexity index is 1380. The Hall–Kier alpha value is -3.65. The molecule has 198 valence electrons. The molecule has 0 spiro atoms. The van der Waals surface area contributed by atoms with Crippen LogP contribution in [0, 0.1) is 19.3 Å². The maximum Gasteiger partial charge on any atom is 0.316 e. The summed E-state index contributed by atoms with van der Waals surface area (Å²) in [4.78, 5) is 20.5. The van der Waals surface area contributed by atoms with E-state index in [1.54, 1.807) is 0 Å². The van der Waals surface area contributed by atoms with E-state index in [4.69, 9.17) is 24.1 Å². The van der Waals surface area contributed by atoms with Gasteiger partial charge in [-0.05, 0) is 49.4 Å². The largest absolute Gasteiger partial charge is 0.492 e. The monoisotopic (exact) mass is 516 g/mol. The minimum Gasteiger partial charge on any atom is -0.492 e. The van der Waals surface area contributed by atoms with Gasteiger partial charge in [-0.2, -0.15) is 9.97 Å². The number of carbonyl (C=O) groups is 1. The Labute approximate surface area is 221 Å². The fourth-order valence-electron chi connectivity index (χ4n) is 5.76. The molecular weight excluding hydrogens is 484 g/mol. The van der Waals surface area contributed by atoms with Crippen LogP contribution in [0.25, 0.3) is 11.1 Å². The molecule has 8 nitrogen and oxygen atoms in total. The third kappa shape index (κ3) is 4.58. The molecule has 1 aliphatic carbocycles. The maximum atomic E-state index is 11.1. The van der Waals surface area contributed by atoms with E-state index in [0.717, 1.165) is 46.7 Å². The van der Waals surface area contributed by atoms with E-state index in [0.29, 0.717) is 38.2 Å². The summed E-state index contributed by atoms with van der Waals surface area (Å²) in [6, 6.07) is 12.5. The van der Waals surface area contributed by atoms with Crippen molar-refractivity contribution in [2.75, 3.05) is 26.4 Å². The van der Waals surface area contributed by atoms with Crippen molar-refractivity contribution in [1.82, 2.24) is 9.97 Å². The standard InChI is InChI=1S/C30H32N2O6/c1-17-28(18(2)32-29(31-17)37-16-30(3)14-35-15-30)24-6-4-5-23-22(24)9-10-25(23)38-20-7-8-21-19(11-27(33)34)13-36-26(21)12-20/h4-8,12,19,25H,9-11,13-16H2,1-3H3,(H,33,34)/t19-,25-/m1/s1. The van der Waals surface area contributed by atoms with Crippen LogP contribution in [0.15, 0.2) is 36.4 Å². The van der Waals surface area contributed by atoms with Crippen molar-refractivity contribution in [3.05, 3.63) is 64.5 Å². The highest BCUT2D eigenvalue weighted by Gasteiger charge is 2.35. The van der Waals surface area contributed by atoms with Crippen molar-refractivity contribution < 1.29 is 28.8 Å². The number of aryl methyl sites for hydroxylation is 2. The van der Waals surface area contributed by atoms with Gasteiger partial charge in [-0.3, -0.25) is 4.79 Å². The normalized spacial score (nSPS) is 20.7. The van der Waals surface area contributed by atoms with Gasteiger partial charge in [0, 0.05) is 28.5 Å². The van der Waals surface area contributed by atoms with E-state index < -0.39 is 5.97 Å². The van der Waals surface area contributed by atoms with E-state index >= 15 is 0 Å². The van der Waals surface area contributed by atoms with Gasteiger partial charge >= 0.3 is 12.0 Å². The summed E-state index contributed by atoms with van der Waals surface area (Å²) in [5, 5.41) is 9.16. The van der Waals surface area contributed by atoms with Crippen molar-refractivity contribution in [3.63, 3.8) is 0 Å². The Balaban J connectivity index is 1.22. The summed E-state index contributed by atoms with van der Waals surface area (Å²) in [5.74, 6) is 0.504. The second kappa shape index (κ2) is 9.58. The SMILES string of the molecule is Cc1nc(OCC2(C)COC2)nc(C)c1-c1cccc2c1CC[C@H]2Oc1ccc2c(c1)OC[C@H]2CC(=O)O. The lowest BCUT2D eigenvalue weighted by Crippen LogP contribution is -2.44. The van der Waals surface area contributed by atoms with Gasteiger partial charge in [0.1, 0.15) is 24.2 Å². The van der Waals surface area contributed by atoms with Gasteiger partial charge in [0.05, 0.1) is 37.6 Å². The molecule has 0 amide bonds. The summed E-state index contributed by atoms with van der Waals surface area (Å²) in [5.41, 5.74) is 7.38. The lowest BCUT2D eigenvalue weighted by Gasteiger charge is -2.37. The topological polar surface area (TPSA) is 100 Å². The van der Waals surface area contributed by atoms with Gasteiger partial charge < -0.3 is 24.1 Å². The first-order chi connectivity index (χ1) is 18.3. The number of nitrogens with zero attached hydrogens (tertiary/aromatic N) is 2. The second-order valence-electron chi connectivity index (χ2n) is 11.0. The number of aromatic nitrogens is 2. The summed E-state index contributed by atoms with van der Waals surface area (Å²) < 4.78 is 23.5. The van der Waals surface area contributed by atoms with Crippen molar-refractivity contribution in [2.24, 2.45) is 5.41 Å². The molecule has 1 saturated heterocycles. The zero-order valence-electron chi connectivity index (χ0n) is 22.0. The van der Waals surface area contributed by atoms with Crippen molar-refractivity contribution in [1.29, 1.82) is 0 Å². The molecule has 2 aromatic carbocycles. The number of aliphatic carboxylic acids is 1. The molecule has 1 fully saturated rings. The van der Waals surface area contributed by atoms with E-state index in [1.807, 2.05) is 32.0 Å². The lowest BCUT2D eigenvalue weighted by atomic mass is 9.90. The van der Waals surface area contributed by atoms with Crippen LogP contribution >= 0.6 is 0 Å². The molecule has 6 rings (SSSR count). The number of benzene rings is 2. The Morgan fingerprint density at radius 2 is 1.92 bits per heavy atom. The van der Waals surface area contributed by atoms with E-state index in [9.17, 15) is 4.79 Å². The van der Waals surface area contributed by atoms with Crippen LogP contribution in [-0.2, 0) is 16.0 Å². The molecule has 38 heavy (non-hydrogen) atoms. The first-order valence-electron chi connectivity index (χ1n) is 13.1. The number of hydrogen-bond acceptors (Lipinski definition) is 7. The molecule has 3 aliphatic rings. The lowest BCUT2D eigenvalue weighted by molar-refractivity contribution is -0.137. The number of rotatable bonds is 8. The molecule has 3 aromatic rings. The van der Waals surface area contributed by atoms with Crippen LogP contribution in [0.5, 0.6) is 17.5 Å². The third-order valence-corrected chi connectivity index (χ3v) is 7.75. The first-order valence-corrected chi connectivity index (χ1v) is 13.1. The molecule has 0 radical (unpaired) electrons. The van der Waals surface area contributed by atoms with Crippen molar-refractivity contribution in [2.45, 2.75) is 52.1 Å². The Kier molecular flexibility index (Phi) is 6.22. The average molecular weight is 517 g/mol. The fraction of sp³-hybridized carbons (Fsp3) is 0.433. The molecule has 0 unspecified atom stereocenters. The molecule has 8 heteroatoms. The van der Waals surface area contributed by atoms with Crippen LogP contribution < -0.4 is 14.2 Å². The zero-order valence-corrected chi connectivity index (χ0v) is 22.0. The summed E-state index contributed by atoms with van der Waals surface area (Å²) in [7, 11) is 0. The highest BCUT2D eigenvalue weighted by atomic mass is 16.5. The van der Waals surface area contributed by atoms with Crippen molar-refractivity contribution >= 4 is 5.97 Å². The summed E-state index contributed by atoms with van der Waals surface area (Å²) in [6.45, 7) is 8.49. The Morgan fingerprint density at radius 3 is 2.63 bits per heavy atom. The van der Waals surface area contributed by atoms with Crippen LogP contribution in [-0.4, -0.2) is 47.5 Å². The highest BCUT2D eigenvalue weighted by molar-refractivity contribution is 5.73. The van der Waals surface area contributed by atoms with Crippen LogP contribution in [0.4, 0.5) is 0 Å². The molecule has 3 heterocycles. The molecule has 2 aliphatic heterocycles. The van der Waals surface area contributed by atoms with Gasteiger partial charge in [0.2, 0.25) is 0 Å². The van der Waals surface area contributed by atoms with Gasteiger partial charge in [-0.25, -0.2) is 0 Å². The molecule has 1 aromatic heterocycles. The molecule has 0 saturated carbocycles. The van der Waals surface area contributed by atoms with Crippen LogP contribution in [0.2, 0.25) is 0 Å². The van der Waals surface area contributed by atoms with E-state index in [2.05, 4.69) is 35.1 Å². The van der Waals surface area contributed by atoms with E-state index in [-0.39, 0.29) is 23.9 Å². The predicted molar refractivity (Wildman–Crippen MR) is 140 cm³/mol. The molecule has 1 N–H and O–H groups in total. The minimum atomic E-state index is -0.818. The highest BCUT2D eigenvalue weighted by Crippen LogP contribution is 2.43. The number of carboxylic acids is 1. The number of hydrogen-bond donors (Lipinski definition) is 1.